The van der Waals surface area contributed by atoms with E-state index >= 15 is 0 Å². The van der Waals surface area contributed by atoms with Crippen LogP contribution < -0.4 is 5.01 Å². The zero-order chi connectivity index (χ0) is 30.6. The van der Waals surface area contributed by atoms with E-state index in [9.17, 15) is 0 Å². The van der Waals surface area contributed by atoms with Gasteiger partial charge >= 0.3 is 0 Å². The van der Waals surface area contributed by atoms with Gasteiger partial charge in [0, 0.05) is 22.0 Å². The maximum absolute atomic E-state index is 2.54. The first kappa shape index (κ1) is 25.3. The van der Waals surface area contributed by atoms with Crippen LogP contribution in [-0.4, -0.2) is 9.58 Å². The number of rotatable bonds is 3. The summed E-state index contributed by atoms with van der Waals surface area (Å²) in [5.74, 6) is 0. The maximum Gasteiger partial charge on any atom is 0.141 e. The third-order valence-corrected chi connectivity index (χ3v) is 10.5. The van der Waals surface area contributed by atoms with Gasteiger partial charge in [0.25, 0.3) is 0 Å². The Kier molecular flexibility index (Phi) is 5.02. The molecule has 1 aromatic heterocycles. The Morgan fingerprint density at radius 2 is 0.979 bits per heavy atom. The summed E-state index contributed by atoms with van der Waals surface area (Å²) in [6.45, 7) is 0. The predicted molar refractivity (Wildman–Crippen MR) is 195 cm³/mol. The number of anilines is 1. The van der Waals surface area contributed by atoms with Crippen LogP contribution in [0.3, 0.4) is 0 Å². The molecule has 11 rings (SSSR count). The van der Waals surface area contributed by atoms with Crippen LogP contribution in [0.1, 0.15) is 28.9 Å². The molecule has 220 valence electrons. The Bertz CT molecular complexity index is 2630. The van der Waals surface area contributed by atoms with Gasteiger partial charge in [0.15, 0.2) is 0 Å². The average molecular weight is 600 g/mol. The fraction of sp³-hybridized carbons (Fsp3) is 0.0455. The van der Waals surface area contributed by atoms with Gasteiger partial charge in [-0.1, -0.05) is 127 Å². The van der Waals surface area contributed by atoms with Crippen LogP contribution in [0.25, 0.3) is 59.8 Å². The number of hydrogen-bond acceptors (Lipinski definition) is 2. The normalized spacial score (nSPS) is 18.4. The molecular formula is C44H29N3. The number of nitrogens with zero attached hydrogens (tertiary/aromatic N) is 3. The van der Waals surface area contributed by atoms with E-state index in [2.05, 4.69) is 178 Å². The minimum Gasteiger partial charge on any atom is -0.309 e. The minimum absolute atomic E-state index is 0.194. The molecule has 2 unspecified atom stereocenters. The van der Waals surface area contributed by atoms with Crippen molar-refractivity contribution >= 4 is 59.8 Å². The Morgan fingerprint density at radius 1 is 0.426 bits per heavy atom. The molecule has 0 aliphatic carbocycles. The summed E-state index contributed by atoms with van der Waals surface area (Å²) >= 11 is 0. The second kappa shape index (κ2) is 9.32. The van der Waals surface area contributed by atoms with Crippen molar-refractivity contribution in [2.24, 2.45) is 0 Å². The molecular weight excluding hydrogens is 571 g/mol. The first-order chi connectivity index (χ1) is 23.3. The molecule has 2 aliphatic heterocycles. The molecule has 0 radical (unpaired) electrons. The van der Waals surface area contributed by atoms with Crippen molar-refractivity contribution in [2.75, 3.05) is 5.01 Å². The van der Waals surface area contributed by atoms with Crippen molar-refractivity contribution in [1.29, 1.82) is 0 Å². The third-order valence-electron chi connectivity index (χ3n) is 10.5. The fourth-order valence-corrected chi connectivity index (χ4v) is 8.40. The molecule has 8 aromatic carbocycles. The summed E-state index contributed by atoms with van der Waals surface area (Å²) < 4.78 is 2.45. The lowest BCUT2D eigenvalue weighted by atomic mass is 9.95. The van der Waals surface area contributed by atoms with Crippen molar-refractivity contribution in [3.05, 3.63) is 180 Å². The van der Waals surface area contributed by atoms with Crippen LogP contribution in [0.5, 0.6) is 0 Å². The highest BCUT2D eigenvalue weighted by Gasteiger charge is 2.57. The molecule has 1 fully saturated rings. The van der Waals surface area contributed by atoms with E-state index in [1.807, 2.05) is 0 Å². The first-order valence-corrected chi connectivity index (χ1v) is 16.4. The number of para-hydroxylation sites is 1. The smallest absolute Gasteiger partial charge is 0.141 e. The monoisotopic (exact) mass is 599 g/mol. The molecule has 0 saturated carbocycles. The van der Waals surface area contributed by atoms with E-state index in [1.54, 1.807) is 0 Å². The lowest BCUT2D eigenvalue weighted by Gasteiger charge is -2.17. The van der Waals surface area contributed by atoms with Crippen molar-refractivity contribution in [2.45, 2.75) is 12.2 Å². The molecule has 9 aromatic rings. The number of fused-ring (bicyclic) bond motifs is 11. The summed E-state index contributed by atoms with van der Waals surface area (Å²) in [6, 6.07) is 60.6. The molecule has 2 aliphatic rings. The van der Waals surface area contributed by atoms with E-state index in [4.69, 9.17) is 0 Å². The number of hydrazine groups is 1. The fourth-order valence-electron chi connectivity index (χ4n) is 8.40. The summed E-state index contributed by atoms with van der Waals surface area (Å²) in [5, 5.41) is 15.4. The zero-order valence-electron chi connectivity index (χ0n) is 25.6. The van der Waals surface area contributed by atoms with E-state index in [0.717, 1.165) is 0 Å². The van der Waals surface area contributed by atoms with Crippen molar-refractivity contribution in [3.63, 3.8) is 0 Å². The van der Waals surface area contributed by atoms with Crippen LogP contribution in [-0.2, 0) is 0 Å². The molecule has 0 bridgehead atoms. The first-order valence-electron chi connectivity index (χ1n) is 16.4. The van der Waals surface area contributed by atoms with E-state index in [1.165, 1.54) is 82.2 Å². The van der Waals surface area contributed by atoms with Crippen LogP contribution in [0.15, 0.2) is 164 Å². The highest BCUT2D eigenvalue weighted by Crippen LogP contribution is 2.60. The van der Waals surface area contributed by atoms with Crippen molar-refractivity contribution < 1.29 is 0 Å². The zero-order valence-corrected chi connectivity index (χ0v) is 25.6. The van der Waals surface area contributed by atoms with Gasteiger partial charge in [0.1, 0.15) is 6.17 Å². The Morgan fingerprint density at radius 3 is 1.68 bits per heavy atom. The van der Waals surface area contributed by atoms with Gasteiger partial charge in [-0.25, -0.2) is 0 Å². The molecule has 1 saturated heterocycles. The topological polar surface area (TPSA) is 10.9 Å². The van der Waals surface area contributed by atoms with Gasteiger partial charge in [0.05, 0.1) is 22.8 Å². The SMILES string of the molecule is c1ccc2c(c1)C(c1ccc3ccccc3c1)[N@@]1C(c3ccc(-n4c5ccc6ccccc6c5c5c6ccccc6ccc54)cc3)N21. The summed E-state index contributed by atoms with van der Waals surface area (Å²) in [5.41, 5.74) is 8.99. The van der Waals surface area contributed by atoms with Gasteiger partial charge < -0.3 is 4.57 Å². The number of benzene rings is 8. The largest absolute Gasteiger partial charge is 0.309 e. The van der Waals surface area contributed by atoms with E-state index in [0.29, 0.717) is 0 Å². The van der Waals surface area contributed by atoms with Crippen LogP contribution in [0, 0.1) is 0 Å². The van der Waals surface area contributed by atoms with Crippen LogP contribution in [0.2, 0.25) is 0 Å². The van der Waals surface area contributed by atoms with Gasteiger partial charge in [0.2, 0.25) is 0 Å². The maximum atomic E-state index is 2.54. The summed E-state index contributed by atoms with van der Waals surface area (Å²) in [7, 11) is 0. The average Bonchev–Trinajstić information content (AvgIpc) is 3.61. The number of aromatic nitrogens is 1. The molecule has 3 nitrogen and oxygen atoms in total. The van der Waals surface area contributed by atoms with Gasteiger partial charge in [-0.3, -0.25) is 5.01 Å². The summed E-state index contributed by atoms with van der Waals surface area (Å²) in [6.07, 6.45) is 0.210. The van der Waals surface area contributed by atoms with Crippen LogP contribution >= 0.6 is 0 Å². The van der Waals surface area contributed by atoms with Gasteiger partial charge in [-0.05, 0) is 79.8 Å². The Hall–Kier alpha value is -5.90. The minimum atomic E-state index is 0.194. The molecule has 3 atom stereocenters. The highest BCUT2D eigenvalue weighted by molar-refractivity contribution is 6.28. The van der Waals surface area contributed by atoms with Crippen molar-refractivity contribution in [3.8, 4) is 5.69 Å². The molecule has 3 heterocycles. The van der Waals surface area contributed by atoms with Crippen LogP contribution in [0.4, 0.5) is 5.69 Å². The number of hydrogen-bond donors (Lipinski definition) is 0. The van der Waals surface area contributed by atoms with Gasteiger partial charge in [-0.15, -0.1) is 0 Å². The molecule has 0 spiro atoms. The van der Waals surface area contributed by atoms with Gasteiger partial charge in [-0.2, -0.15) is 5.01 Å². The third kappa shape index (κ3) is 3.49. The molecule has 47 heavy (non-hydrogen) atoms. The second-order valence-corrected chi connectivity index (χ2v) is 13.0. The predicted octanol–water partition coefficient (Wildman–Crippen LogP) is 11.1. The molecule has 3 heteroatoms. The van der Waals surface area contributed by atoms with Crippen molar-refractivity contribution in [1.82, 2.24) is 9.58 Å². The van der Waals surface area contributed by atoms with E-state index < -0.39 is 0 Å². The van der Waals surface area contributed by atoms with E-state index in [-0.39, 0.29) is 12.2 Å². The Balaban J connectivity index is 1.04. The highest BCUT2D eigenvalue weighted by atomic mass is 15.9. The lowest BCUT2D eigenvalue weighted by Crippen LogP contribution is -2.09. The standard InChI is InChI=1S/C44H29N3/c1-2-12-32-27-33(18-17-28(32)9-1)43-37-15-7-8-16-38(37)46-44(47(43)46)31-19-23-34(24-20-31)45-39-25-21-29-10-3-5-13-35(29)41(39)42-36-14-6-4-11-30(36)22-26-40(42)45/h1-27,43-44H/t43?,44?,46?,47-/m0/s1. The molecule has 0 amide bonds. The quantitative estimate of drug-likeness (QED) is 0.187. The molecule has 0 N–H and O–H groups in total. The second-order valence-electron chi connectivity index (χ2n) is 13.0. The Labute approximate surface area is 272 Å². The lowest BCUT2D eigenvalue weighted by molar-refractivity contribution is 0.446. The summed E-state index contributed by atoms with van der Waals surface area (Å²) in [4.78, 5) is 0.